The maximum Gasteiger partial charge on any atom is 0.329 e. The molecule has 3 heterocycles. The molecule has 4 rings (SSSR count). The number of aliphatic hydroxyl groups excluding tert-OH is 2. The summed E-state index contributed by atoms with van der Waals surface area (Å²) in [4.78, 5) is 71.8. The van der Waals surface area contributed by atoms with E-state index in [1.54, 1.807) is 41.1 Å². The largest absolute Gasteiger partial charge is 0.460 e. The summed E-state index contributed by atoms with van der Waals surface area (Å²) in [5, 5.41) is 33.8. The van der Waals surface area contributed by atoms with E-state index in [0.717, 1.165) is 12.0 Å². The molecule has 1 saturated carbocycles. The number of allylic oxidation sites excluding steroid dienone is 6. The van der Waals surface area contributed by atoms with Crippen molar-refractivity contribution >= 4 is 29.2 Å². The normalized spacial score (nSPS) is 40.4. The predicted octanol–water partition coefficient (Wildman–Crippen LogP) is 6.18. The van der Waals surface area contributed by atoms with Crippen molar-refractivity contribution < 1.29 is 63.0 Å². The highest BCUT2D eigenvalue weighted by atomic mass is 16.8. The highest BCUT2D eigenvalue weighted by Gasteiger charge is 2.53. The summed E-state index contributed by atoms with van der Waals surface area (Å²) in [6.07, 6.45) is 11.2. The van der Waals surface area contributed by atoms with Crippen LogP contribution in [0.3, 0.4) is 0 Å². The number of ether oxygens (including phenoxy) is 5. The summed E-state index contributed by atoms with van der Waals surface area (Å²) in [7, 11) is 4.52. The van der Waals surface area contributed by atoms with Crippen molar-refractivity contribution in [3.05, 3.63) is 47.6 Å². The van der Waals surface area contributed by atoms with Crippen LogP contribution >= 0.6 is 0 Å². The number of aliphatic hydroxyl groups is 3. The van der Waals surface area contributed by atoms with Crippen molar-refractivity contribution in [3.63, 3.8) is 0 Å². The minimum atomic E-state index is -2.43. The molecule has 14 nitrogen and oxygen atoms in total. The van der Waals surface area contributed by atoms with Gasteiger partial charge in [0.1, 0.15) is 30.1 Å². The Balaban J connectivity index is 1.70. The number of cyclic esters (lactones) is 1. The van der Waals surface area contributed by atoms with E-state index in [4.69, 9.17) is 23.7 Å². The van der Waals surface area contributed by atoms with E-state index < -0.39 is 83.9 Å². The fourth-order valence-electron chi connectivity index (χ4n) is 10.1. The zero-order chi connectivity index (χ0) is 48.2. The maximum absolute atomic E-state index is 14.4. The Morgan fingerprint density at radius 1 is 0.923 bits per heavy atom. The van der Waals surface area contributed by atoms with Crippen molar-refractivity contribution in [1.82, 2.24) is 4.90 Å². The molecule has 0 aromatic carbocycles. The summed E-state index contributed by atoms with van der Waals surface area (Å²) >= 11 is 0. The number of hydrogen-bond donors (Lipinski definition) is 3. The quantitative estimate of drug-likeness (QED) is 0.155. The van der Waals surface area contributed by atoms with E-state index in [2.05, 4.69) is 0 Å². The van der Waals surface area contributed by atoms with Crippen LogP contribution in [0, 0.1) is 35.5 Å². The SMILES string of the molecule is CO[C@H]1C[C@@H]2CC[C@@H](C)[C@@](O)(O2)C(=O)C(=O)N2CCCC[14CH]2[14C](=O)O[C@H]([C@H](C)[14CH2][14CH]2CC[C@@H](O)[C@H](OC)C2)CC(=O)[C@H](C)/C=C(\C)[C@@H](O)[C@@H](OC)C(=O)[C@H](C)C[C@H](C)/C=C/C=C/C=C/1C. The van der Waals surface area contributed by atoms with Gasteiger partial charge in [-0.15, -0.1) is 0 Å². The number of esters is 1. The van der Waals surface area contributed by atoms with Crippen LogP contribution < -0.4 is 0 Å². The Kier molecular flexibility index (Phi) is 21.0. The van der Waals surface area contributed by atoms with Crippen LogP contribution in [0.1, 0.15) is 126 Å². The average molecular weight is 922 g/mol. The highest BCUT2D eigenvalue weighted by Crippen LogP contribution is 2.38. The second-order valence-corrected chi connectivity index (χ2v) is 19.6. The number of ketones is 3. The first kappa shape index (κ1) is 54.2. The predicted molar refractivity (Wildman–Crippen MR) is 245 cm³/mol. The third-order valence-electron chi connectivity index (χ3n) is 14.5. The van der Waals surface area contributed by atoms with Crippen molar-refractivity contribution in [2.45, 2.75) is 180 Å². The molecule has 14 heteroatoms. The first-order valence-corrected chi connectivity index (χ1v) is 23.9. The van der Waals surface area contributed by atoms with Crippen LogP contribution in [-0.4, -0.2) is 132 Å². The molecular weight excluding hydrogens is 843 g/mol. The number of rotatable bonds is 6. The molecule has 2 saturated heterocycles. The van der Waals surface area contributed by atoms with E-state index in [0.29, 0.717) is 63.4 Å². The van der Waals surface area contributed by atoms with Crippen LogP contribution in [0.15, 0.2) is 47.6 Å². The Morgan fingerprint density at radius 2 is 1.65 bits per heavy atom. The van der Waals surface area contributed by atoms with Crippen molar-refractivity contribution in [3.8, 4) is 0 Å². The molecule has 366 valence electrons. The number of nitrogens with zero attached hydrogens (tertiary/aromatic N) is 1. The highest BCUT2D eigenvalue weighted by molar-refractivity contribution is 6.39. The summed E-state index contributed by atoms with van der Waals surface area (Å²) in [6.45, 7) is 12.7. The van der Waals surface area contributed by atoms with Gasteiger partial charge in [-0.3, -0.25) is 19.2 Å². The molecule has 3 aliphatic heterocycles. The van der Waals surface area contributed by atoms with Gasteiger partial charge in [0.05, 0.1) is 24.4 Å². The van der Waals surface area contributed by atoms with Crippen molar-refractivity contribution in [1.29, 1.82) is 0 Å². The monoisotopic (exact) mass is 922 g/mol. The van der Waals surface area contributed by atoms with Crippen LogP contribution in [0.4, 0.5) is 0 Å². The van der Waals surface area contributed by atoms with Gasteiger partial charge in [-0.1, -0.05) is 71.1 Å². The Labute approximate surface area is 387 Å². The lowest BCUT2D eigenvalue weighted by atomic mass is 9.85. The summed E-state index contributed by atoms with van der Waals surface area (Å²) in [5.74, 6) is -7.96. The lowest BCUT2D eigenvalue weighted by Gasteiger charge is -2.42. The van der Waals surface area contributed by atoms with Crippen LogP contribution in [0.5, 0.6) is 0 Å². The summed E-state index contributed by atoms with van der Waals surface area (Å²) in [6, 6.07) is -1.14. The number of carbonyl (C=O) groups is 5. The van der Waals surface area contributed by atoms with Gasteiger partial charge in [-0.05, 0) is 107 Å². The molecule has 0 aromatic rings. The van der Waals surface area contributed by atoms with E-state index in [1.165, 1.54) is 12.0 Å². The molecule has 4 aliphatic rings. The molecule has 0 spiro atoms. The standard InChI is InChI=1S/C51H79NO13/c1-30-16-12-11-13-17-31(2)42(61-8)28-38-21-19-36(7)51(60,65-38)48(57)49(58)52-23-15-14-18-39(52)50(59)64-43(33(4)26-37-20-22-40(53)44(27-37)62-9)29-41(54)32(3)25-35(6)46(56)47(63-10)45(55)34(5)24-30/h11-13,16-17,25,30,32-34,36-40,42-44,46-47,53,56,60H,14-15,18-24,26-29H2,1-10H3/b13-11+,16-12+,31-17+,35-25+/t30-,32-,33-,34-,36-,37?,38+,39?,40-,42+,43+,44-,46-,47+,51-/m1/s1/i26+2,37+2,39+2,50+2. The van der Waals surface area contributed by atoms with Crippen LogP contribution in [-0.2, 0) is 47.7 Å². The summed E-state index contributed by atoms with van der Waals surface area (Å²) < 4.78 is 29.4. The third kappa shape index (κ3) is 14.3. The fourth-order valence-corrected chi connectivity index (χ4v) is 10.1. The Hall–Kier alpha value is -3.37. The minimum Gasteiger partial charge on any atom is -0.460 e. The zero-order valence-electron chi connectivity index (χ0n) is 40.6. The van der Waals surface area contributed by atoms with Gasteiger partial charge in [-0.25, -0.2) is 4.79 Å². The number of hydrogen-bond acceptors (Lipinski definition) is 13. The van der Waals surface area contributed by atoms with Gasteiger partial charge < -0.3 is 43.9 Å². The molecule has 1 aliphatic carbocycles. The van der Waals surface area contributed by atoms with E-state index in [-0.39, 0.29) is 54.8 Å². The topological polar surface area (TPSA) is 195 Å². The molecule has 65 heavy (non-hydrogen) atoms. The smallest absolute Gasteiger partial charge is 0.329 e. The first-order valence-electron chi connectivity index (χ1n) is 23.9. The molecular formula is C51H79NO13. The van der Waals surface area contributed by atoms with Gasteiger partial charge in [0.2, 0.25) is 5.79 Å². The van der Waals surface area contributed by atoms with Gasteiger partial charge in [0.25, 0.3) is 11.7 Å². The number of carbonyl (C=O) groups excluding carboxylic acids is 5. The molecule has 2 unspecified atom stereocenters. The lowest BCUT2D eigenvalue weighted by Crippen LogP contribution is -2.61. The van der Waals surface area contributed by atoms with Crippen molar-refractivity contribution in [2.24, 2.45) is 35.5 Å². The first-order chi connectivity index (χ1) is 30.7. The van der Waals surface area contributed by atoms with E-state index in [1.807, 2.05) is 58.1 Å². The summed E-state index contributed by atoms with van der Waals surface area (Å²) in [5.41, 5.74) is 1.27. The van der Waals surface area contributed by atoms with Gasteiger partial charge in [-0.2, -0.15) is 0 Å². The second-order valence-electron chi connectivity index (χ2n) is 19.6. The van der Waals surface area contributed by atoms with Crippen LogP contribution in [0.2, 0.25) is 0 Å². The zero-order valence-corrected chi connectivity index (χ0v) is 40.6. The van der Waals surface area contributed by atoms with Gasteiger partial charge in [0, 0.05) is 58.5 Å². The number of methoxy groups -OCH3 is 3. The average Bonchev–Trinajstić information content (AvgIpc) is 3.28. The molecule has 0 radical (unpaired) electrons. The third-order valence-corrected chi connectivity index (χ3v) is 14.5. The molecule has 3 fully saturated rings. The van der Waals surface area contributed by atoms with E-state index in [9.17, 15) is 39.3 Å². The van der Waals surface area contributed by atoms with Gasteiger partial charge >= 0.3 is 5.97 Å². The number of fused-ring (bicyclic) bond motifs is 3. The van der Waals surface area contributed by atoms with Crippen LogP contribution in [0.25, 0.3) is 0 Å². The number of piperidine rings is 1. The Morgan fingerprint density at radius 3 is 2.32 bits per heavy atom. The van der Waals surface area contributed by atoms with E-state index >= 15 is 0 Å². The fraction of sp³-hybridized carbons (Fsp3) is 0.745. The van der Waals surface area contributed by atoms with Crippen molar-refractivity contribution in [2.75, 3.05) is 27.9 Å². The number of Topliss-reactive ketones (excluding diaryl/α,β-unsaturated/α-hetero) is 3. The molecule has 0 aromatic heterocycles. The second kappa shape index (κ2) is 25.1. The molecule has 2 bridgehead atoms. The lowest BCUT2D eigenvalue weighted by molar-refractivity contribution is -0.265. The minimum absolute atomic E-state index is 0.0193. The Bertz CT molecular complexity index is 1760. The maximum atomic E-state index is 14.4. The molecule has 3 N–H and O–H groups in total. The molecule has 15 atom stereocenters. The van der Waals surface area contributed by atoms with Gasteiger partial charge in [0.15, 0.2) is 5.78 Å². The number of amides is 1. The molecule has 1 amide bonds.